The molecule has 0 spiro atoms. The van der Waals surface area contributed by atoms with Gasteiger partial charge in [-0.2, -0.15) is 0 Å². The number of nitrogens with one attached hydrogen (secondary N) is 2. The molecule has 148 valence electrons. The van der Waals surface area contributed by atoms with Crippen molar-refractivity contribution in [2.45, 2.75) is 39.3 Å². The second-order valence-corrected chi connectivity index (χ2v) is 7.22. The summed E-state index contributed by atoms with van der Waals surface area (Å²) in [5.41, 5.74) is 3.47. The SMILES string of the molecule is COC(=O)c1c(C)[nH]c(C(=O)N(C)Cc2ccc(C(=O)NC3CC3)cc2)c1C. The number of amides is 2. The zero-order chi connectivity index (χ0) is 20.4. The minimum absolute atomic E-state index is 0.0636. The van der Waals surface area contributed by atoms with E-state index in [4.69, 9.17) is 4.74 Å². The quantitative estimate of drug-likeness (QED) is 0.750. The van der Waals surface area contributed by atoms with Gasteiger partial charge in [0.05, 0.1) is 12.7 Å². The maximum Gasteiger partial charge on any atom is 0.339 e. The normalized spacial score (nSPS) is 13.1. The molecule has 1 aliphatic carbocycles. The van der Waals surface area contributed by atoms with Gasteiger partial charge in [-0.15, -0.1) is 0 Å². The Morgan fingerprint density at radius 2 is 1.82 bits per heavy atom. The lowest BCUT2D eigenvalue weighted by molar-refractivity contribution is 0.0599. The number of esters is 1. The van der Waals surface area contributed by atoms with E-state index in [2.05, 4.69) is 10.3 Å². The molecule has 0 aliphatic heterocycles. The summed E-state index contributed by atoms with van der Waals surface area (Å²) >= 11 is 0. The molecule has 7 nitrogen and oxygen atoms in total. The summed E-state index contributed by atoms with van der Waals surface area (Å²) in [7, 11) is 3.01. The third kappa shape index (κ3) is 4.08. The Labute approximate surface area is 164 Å². The van der Waals surface area contributed by atoms with Crippen molar-refractivity contribution in [1.29, 1.82) is 0 Å². The van der Waals surface area contributed by atoms with Crippen molar-refractivity contribution in [3.63, 3.8) is 0 Å². The van der Waals surface area contributed by atoms with E-state index in [-0.39, 0.29) is 11.8 Å². The summed E-state index contributed by atoms with van der Waals surface area (Å²) in [5, 5.41) is 2.95. The third-order valence-electron chi connectivity index (χ3n) is 4.94. The zero-order valence-corrected chi connectivity index (χ0v) is 16.6. The highest BCUT2D eigenvalue weighted by Gasteiger charge is 2.25. The number of rotatable bonds is 6. The van der Waals surface area contributed by atoms with Crippen LogP contribution in [0, 0.1) is 13.8 Å². The van der Waals surface area contributed by atoms with Crippen molar-refractivity contribution < 1.29 is 19.1 Å². The van der Waals surface area contributed by atoms with Crippen molar-refractivity contribution in [2.24, 2.45) is 0 Å². The van der Waals surface area contributed by atoms with Crippen LogP contribution in [0.2, 0.25) is 0 Å². The lowest BCUT2D eigenvalue weighted by Gasteiger charge is -2.17. The molecule has 1 aromatic heterocycles. The highest BCUT2D eigenvalue weighted by atomic mass is 16.5. The molecule has 0 saturated heterocycles. The number of hydrogen-bond donors (Lipinski definition) is 2. The van der Waals surface area contributed by atoms with E-state index in [0.29, 0.717) is 40.7 Å². The smallest absolute Gasteiger partial charge is 0.339 e. The predicted molar refractivity (Wildman–Crippen MR) is 104 cm³/mol. The van der Waals surface area contributed by atoms with Crippen molar-refractivity contribution >= 4 is 17.8 Å². The minimum Gasteiger partial charge on any atom is -0.465 e. The number of hydrogen-bond acceptors (Lipinski definition) is 4. The average molecular weight is 383 g/mol. The van der Waals surface area contributed by atoms with Gasteiger partial charge in [0.15, 0.2) is 0 Å². The maximum atomic E-state index is 12.8. The van der Waals surface area contributed by atoms with Gasteiger partial charge < -0.3 is 19.9 Å². The van der Waals surface area contributed by atoms with Crippen molar-refractivity contribution in [3.05, 3.63) is 57.9 Å². The Morgan fingerprint density at radius 1 is 1.18 bits per heavy atom. The number of H-pyrrole nitrogens is 1. The third-order valence-corrected chi connectivity index (χ3v) is 4.94. The van der Waals surface area contributed by atoms with Gasteiger partial charge in [0.2, 0.25) is 0 Å². The van der Waals surface area contributed by atoms with Gasteiger partial charge in [0.25, 0.3) is 11.8 Å². The first-order chi connectivity index (χ1) is 13.3. The molecule has 0 bridgehead atoms. The monoisotopic (exact) mass is 383 g/mol. The molecule has 2 amide bonds. The van der Waals surface area contributed by atoms with Crippen LogP contribution in [0.4, 0.5) is 0 Å². The molecule has 28 heavy (non-hydrogen) atoms. The van der Waals surface area contributed by atoms with E-state index in [1.165, 1.54) is 7.11 Å². The summed E-state index contributed by atoms with van der Waals surface area (Å²) in [6.45, 7) is 3.85. The molecule has 1 aromatic carbocycles. The summed E-state index contributed by atoms with van der Waals surface area (Å²) < 4.78 is 4.79. The van der Waals surface area contributed by atoms with Crippen LogP contribution >= 0.6 is 0 Å². The number of aromatic amines is 1. The van der Waals surface area contributed by atoms with Crippen LogP contribution in [-0.2, 0) is 11.3 Å². The molecular formula is C21H25N3O4. The molecule has 0 atom stereocenters. The van der Waals surface area contributed by atoms with E-state index < -0.39 is 5.97 Å². The Hall–Kier alpha value is -3.09. The van der Waals surface area contributed by atoms with Crippen molar-refractivity contribution in [1.82, 2.24) is 15.2 Å². The maximum absolute atomic E-state index is 12.8. The van der Waals surface area contributed by atoms with Crippen LogP contribution in [0.15, 0.2) is 24.3 Å². The second kappa shape index (κ2) is 7.88. The van der Waals surface area contributed by atoms with E-state index in [1.54, 1.807) is 37.9 Å². The van der Waals surface area contributed by atoms with Gasteiger partial charge in [-0.05, 0) is 49.9 Å². The highest BCUT2D eigenvalue weighted by Crippen LogP contribution is 2.21. The molecule has 2 aromatic rings. The number of ether oxygens (including phenoxy) is 1. The molecule has 1 aliphatic rings. The first-order valence-electron chi connectivity index (χ1n) is 9.24. The van der Waals surface area contributed by atoms with Gasteiger partial charge in [-0.25, -0.2) is 4.79 Å². The zero-order valence-electron chi connectivity index (χ0n) is 16.6. The first kappa shape index (κ1) is 19.7. The Morgan fingerprint density at radius 3 is 2.39 bits per heavy atom. The van der Waals surface area contributed by atoms with Crippen LogP contribution in [0.1, 0.15) is 60.9 Å². The lowest BCUT2D eigenvalue weighted by Crippen LogP contribution is -2.27. The molecule has 1 heterocycles. The summed E-state index contributed by atoms with van der Waals surface area (Å²) in [6.07, 6.45) is 2.10. The number of methoxy groups -OCH3 is 1. The average Bonchev–Trinajstić information content (AvgIpc) is 3.44. The largest absolute Gasteiger partial charge is 0.465 e. The van der Waals surface area contributed by atoms with E-state index >= 15 is 0 Å². The number of aromatic nitrogens is 1. The minimum atomic E-state index is -0.465. The van der Waals surface area contributed by atoms with Gasteiger partial charge in [0.1, 0.15) is 5.69 Å². The van der Waals surface area contributed by atoms with Gasteiger partial charge in [0, 0.05) is 30.9 Å². The number of carbonyl (C=O) groups excluding carboxylic acids is 3. The fraction of sp³-hybridized carbons (Fsp3) is 0.381. The van der Waals surface area contributed by atoms with Gasteiger partial charge >= 0.3 is 5.97 Å². The number of carbonyl (C=O) groups is 3. The van der Waals surface area contributed by atoms with Crippen LogP contribution in [0.3, 0.4) is 0 Å². The molecule has 1 saturated carbocycles. The molecule has 1 fully saturated rings. The van der Waals surface area contributed by atoms with Crippen LogP contribution in [0.5, 0.6) is 0 Å². The van der Waals surface area contributed by atoms with Crippen molar-refractivity contribution in [3.8, 4) is 0 Å². The van der Waals surface area contributed by atoms with Gasteiger partial charge in [-0.3, -0.25) is 9.59 Å². The Kier molecular flexibility index (Phi) is 5.53. The van der Waals surface area contributed by atoms with Crippen LogP contribution in [-0.4, -0.2) is 47.9 Å². The molecule has 7 heteroatoms. The van der Waals surface area contributed by atoms with Gasteiger partial charge in [-0.1, -0.05) is 12.1 Å². The Bertz CT molecular complexity index is 910. The van der Waals surface area contributed by atoms with Crippen molar-refractivity contribution in [2.75, 3.05) is 14.2 Å². The van der Waals surface area contributed by atoms with E-state index in [0.717, 1.165) is 18.4 Å². The molecule has 2 N–H and O–H groups in total. The fourth-order valence-electron chi connectivity index (χ4n) is 3.17. The standard InChI is InChI=1S/C21H25N3O4/c1-12-17(21(27)28-4)13(2)22-18(12)20(26)24(3)11-14-5-7-15(8-6-14)19(25)23-16-9-10-16/h5-8,16,22H,9-11H2,1-4H3,(H,23,25). The summed E-state index contributed by atoms with van der Waals surface area (Å²) in [5.74, 6) is -0.745. The first-order valence-corrected chi connectivity index (χ1v) is 9.24. The molecule has 0 unspecified atom stereocenters. The van der Waals surface area contributed by atoms with E-state index in [9.17, 15) is 14.4 Å². The number of benzene rings is 1. The second-order valence-electron chi connectivity index (χ2n) is 7.22. The summed E-state index contributed by atoms with van der Waals surface area (Å²) in [6, 6.07) is 7.55. The fourth-order valence-corrected chi connectivity index (χ4v) is 3.17. The van der Waals surface area contributed by atoms with Crippen LogP contribution in [0.25, 0.3) is 0 Å². The Balaban J connectivity index is 1.69. The van der Waals surface area contributed by atoms with E-state index in [1.807, 2.05) is 12.1 Å². The topological polar surface area (TPSA) is 91.5 Å². The number of aryl methyl sites for hydroxylation is 1. The molecular weight excluding hydrogens is 358 g/mol. The lowest BCUT2D eigenvalue weighted by atomic mass is 10.1. The summed E-state index contributed by atoms with van der Waals surface area (Å²) in [4.78, 5) is 41.4. The van der Waals surface area contributed by atoms with Crippen LogP contribution < -0.4 is 5.32 Å². The highest BCUT2D eigenvalue weighted by molar-refractivity contribution is 6.00. The predicted octanol–water partition coefficient (Wildman–Crippen LogP) is 2.58. The number of nitrogens with zero attached hydrogens (tertiary/aromatic N) is 1. The molecule has 0 radical (unpaired) electrons. The molecule has 3 rings (SSSR count).